The maximum Gasteiger partial charge on any atom is 0.356 e. The first-order valence-electron chi connectivity index (χ1n) is 5.91. The number of nitrogens with two attached hydrogens (primary N) is 1. The Morgan fingerprint density at radius 1 is 1.38 bits per heavy atom. The number of rotatable bonds is 4. The van der Waals surface area contributed by atoms with Gasteiger partial charge in [-0.15, -0.1) is 0 Å². The zero-order chi connectivity index (χ0) is 15.6. The van der Waals surface area contributed by atoms with Crippen molar-refractivity contribution in [3.05, 3.63) is 45.6 Å². The molecule has 110 valence electrons. The van der Waals surface area contributed by atoms with E-state index in [0.29, 0.717) is 22.9 Å². The van der Waals surface area contributed by atoms with Crippen molar-refractivity contribution in [1.82, 2.24) is 4.98 Å². The van der Waals surface area contributed by atoms with Crippen molar-refractivity contribution >= 4 is 34.9 Å². The van der Waals surface area contributed by atoms with Crippen molar-refractivity contribution < 1.29 is 14.6 Å². The molecule has 2 rings (SSSR count). The molecular weight excluding hydrogens is 315 g/mol. The normalized spacial score (nSPS) is 10.6. The fraction of sp³-hybridized carbons (Fsp3) is 0.143. The van der Waals surface area contributed by atoms with Crippen LogP contribution in [0.2, 0.25) is 10.0 Å². The average Bonchev–Trinajstić information content (AvgIpc) is 2.44. The summed E-state index contributed by atoms with van der Waals surface area (Å²) in [6.45, 7) is 0.335. The molecule has 0 bridgehead atoms. The number of carboxylic acids is 1. The Hall–Kier alpha value is -1.82. The van der Waals surface area contributed by atoms with Gasteiger partial charge in [-0.25, -0.2) is 9.78 Å². The van der Waals surface area contributed by atoms with E-state index in [4.69, 9.17) is 38.8 Å². The summed E-state index contributed by atoms with van der Waals surface area (Å²) < 4.78 is 5.06. The summed E-state index contributed by atoms with van der Waals surface area (Å²) in [5.41, 5.74) is 7.46. The molecule has 7 heteroatoms. The summed E-state index contributed by atoms with van der Waals surface area (Å²) in [6.07, 6.45) is 0. The van der Waals surface area contributed by atoms with Crippen molar-refractivity contribution in [2.24, 2.45) is 0 Å². The van der Waals surface area contributed by atoms with Crippen LogP contribution in [-0.2, 0) is 11.3 Å². The third kappa shape index (κ3) is 3.26. The van der Waals surface area contributed by atoms with E-state index in [9.17, 15) is 4.79 Å². The molecule has 0 radical (unpaired) electrons. The largest absolute Gasteiger partial charge is 0.476 e. The SMILES string of the molecule is COCc1cc(-c2cc(N)c(Cl)c(C(=O)O)n2)ccc1Cl. The van der Waals surface area contributed by atoms with Crippen LogP contribution in [0.4, 0.5) is 5.69 Å². The number of carbonyl (C=O) groups is 1. The molecule has 0 fully saturated rings. The maximum absolute atomic E-state index is 11.1. The summed E-state index contributed by atoms with van der Waals surface area (Å²) in [7, 11) is 1.56. The molecule has 1 heterocycles. The Balaban J connectivity index is 2.56. The van der Waals surface area contributed by atoms with Crippen LogP contribution in [0, 0.1) is 0 Å². The van der Waals surface area contributed by atoms with E-state index in [1.165, 1.54) is 6.07 Å². The minimum absolute atomic E-state index is 0.0719. The average molecular weight is 327 g/mol. The lowest BCUT2D eigenvalue weighted by Gasteiger charge is -2.09. The molecule has 0 aliphatic heterocycles. The lowest BCUT2D eigenvalue weighted by atomic mass is 10.1. The Morgan fingerprint density at radius 3 is 2.71 bits per heavy atom. The smallest absolute Gasteiger partial charge is 0.356 e. The monoisotopic (exact) mass is 326 g/mol. The van der Waals surface area contributed by atoms with Crippen LogP contribution < -0.4 is 5.73 Å². The lowest BCUT2D eigenvalue weighted by Crippen LogP contribution is -2.05. The Labute approximate surface area is 131 Å². The molecule has 21 heavy (non-hydrogen) atoms. The summed E-state index contributed by atoms with van der Waals surface area (Å²) >= 11 is 11.9. The number of ether oxygens (including phenoxy) is 1. The molecule has 0 aliphatic rings. The lowest BCUT2D eigenvalue weighted by molar-refractivity contribution is 0.0691. The van der Waals surface area contributed by atoms with E-state index in [0.717, 1.165) is 5.56 Å². The molecule has 0 saturated heterocycles. The van der Waals surface area contributed by atoms with Gasteiger partial charge in [-0.2, -0.15) is 0 Å². The van der Waals surface area contributed by atoms with Crippen LogP contribution in [0.1, 0.15) is 16.1 Å². The predicted molar refractivity (Wildman–Crippen MR) is 81.8 cm³/mol. The fourth-order valence-electron chi connectivity index (χ4n) is 1.84. The van der Waals surface area contributed by atoms with Gasteiger partial charge >= 0.3 is 5.97 Å². The molecule has 0 unspecified atom stereocenters. The number of carboxylic acid groups (broad SMARTS) is 1. The van der Waals surface area contributed by atoms with Gasteiger partial charge in [-0.05, 0) is 23.8 Å². The first-order valence-corrected chi connectivity index (χ1v) is 6.66. The molecule has 0 aliphatic carbocycles. The number of aromatic nitrogens is 1. The Bertz CT molecular complexity index is 705. The second kappa shape index (κ2) is 6.30. The number of aromatic carboxylic acids is 1. The number of methoxy groups -OCH3 is 1. The first-order chi connectivity index (χ1) is 9.93. The molecule has 1 aromatic heterocycles. The third-order valence-electron chi connectivity index (χ3n) is 2.83. The highest BCUT2D eigenvalue weighted by Gasteiger charge is 2.16. The maximum atomic E-state index is 11.1. The van der Waals surface area contributed by atoms with E-state index in [-0.39, 0.29) is 16.4 Å². The molecule has 0 spiro atoms. The fourth-order valence-corrected chi connectivity index (χ4v) is 2.19. The number of hydrogen-bond acceptors (Lipinski definition) is 4. The highest BCUT2D eigenvalue weighted by atomic mass is 35.5. The summed E-state index contributed by atoms with van der Waals surface area (Å²) in [5.74, 6) is -1.24. The predicted octanol–water partition coefficient (Wildman–Crippen LogP) is 3.48. The standard InChI is InChI=1S/C14H12Cl2N2O3/c1-21-6-8-4-7(2-3-9(8)15)11-5-10(17)12(16)13(18-11)14(19)20/h2-5H,6H2,1H3,(H2,17,18)(H,19,20). The number of nitrogens with zero attached hydrogens (tertiary/aromatic N) is 1. The van der Waals surface area contributed by atoms with Crippen molar-refractivity contribution in [1.29, 1.82) is 0 Å². The summed E-state index contributed by atoms with van der Waals surface area (Å²) in [6, 6.07) is 6.71. The number of anilines is 1. The molecule has 0 amide bonds. The number of benzene rings is 1. The van der Waals surface area contributed by atoms with Gasteiger partial charge in [0.05, 0.1) is 23.0 Å². The van der Waals surface area contributed by atoms with Gasteiger partial charge < -0.3 is 15.6 Å². The van der Waals surface area contributed by atoms with E-state index < -0.39 is 5.97 Å². The van der Waals surface area contributed by atoms with Gasteiger partial charge in [0.25, 0.3) is 0 Å². The highest BCUT2D eigenvalue weighted by Crippen LogP contribution is 2.30. The molecule has 0 saturated carbocycles. The van der Waals surface area contributed by atoms with Gasteiger partial charge in [0.15, 0.2) is 5.69 Å². The van der Waals surface area contributed by atoms with Gasteiger partial charge in [-0.1, -0.05) is 29.3 Å². The zero-order valence-electron chi connectivity index (χ0n) is 11.1. The number of pyridine rings is 1. The number of nitrogen functional groups attached to an aromatic ring is 1. The van der Waals surface area contributed by atoms with Crippen LogP contribution >= 0.6 is 23.2 Å². The van der Waals surface area contributed by atoms with Gasteiger partial charge in [-0.3, -0.25) is 0 Å². The second-order valence-electron chi connectivity index (χ2n) is 4.30. The van der Waals surface area contributed by atoms with Gasteiger partial charge in [0.2, 0.25) is 0 Å². The van der Waals surface area contributed by atoms with Crippen LogP contribution in [0.3, 0.4) is 0 Å². The number of halogens is 2. The van der Waals surface area contributed by atoms with E-state index in [1.54, 1.807) is 25.3 Å². The zero-order valence-corrected chi connectivity index (χ0v) is 12.6. The molecule has 5 nitrogen and oxygen atoms in total. The molecule has 0 atom stereocenters. The quantitative estimate of drug-likeness (QED) is 0.898. The second-order valence-corrected chi connectivity index (χ2v) is 5.09. The molecule has 1 aromatic carbocycles. The summed E-state index contributed by atoms with van der Waals surface area (Å²) in [4.78, 5) is 15.2. The van der Waals surface area contributed by atoms with Crippen molar-refractivity contribution in [3.63, 3.8) is 0 Å². The molecule has 2 aromatic rings. The van der Waals surface area contributed by atoms with Gasteiger partial charge in [0, 0.05) is 17.7 Å². The van der Waals surface area contributed by atoms with Gasteiger partial charge in [0.1, 0.15) is 0 Å². The van der Waals surface area contributed by atoms with E-state index in [1.807, 2.05) is 0 Å². The molecule has 3 N–H and O–H groups in total. The van der Waals surface area contributed by atoms with Crippen LogP contribution in [0.5, 0.6) is 0 Å². The highest BCUT2D eigenvalue weighted by molar-refractivity contribution is 6.35. The summed E-state index contributed by atoms with van der Waals surface area (Å²) in [5, 5.41) is 9.59. The Morgan fingerprint density at radius 2 is 2.10 bits per heavy atom. The first kappa shape index (κ1) is 15.6. The van der Waals surface area contributed by atoms with E-state index >= 15 is 0 Å². The van der Waals surface area contributed by atoms with Crippen molar-refractivity contribution in [2.75, 3.05) is 12.8 Å². The molecular formula is C14H12Cl2N2O3. The minimum atomic E-state index is -1.24. The minimum Gasteiger partial charge on any atom is -0.476 e. The van der Waals surface area contributed by atoms with Crippen LogP contribution in [-0.4, -0.2) is 23.2 Å². The topological polar surface area (TPSA) is 85.4 Å². The van der Waals surface area contributed by atoms with Crippen LogP contribution in [0.25, 0.3) is 11.3 Å². The number of hydrogen-bond donors (Lipinski definition) is 2. The third-order valence-corrected chi connectivity index (χ3v) is 3.60. The van der Waals surface area contributed by atoms with E-state index in [2.05, 4.69) is 4.98 Å². The van der Waals surface area contributed by atoms with Crippen molar-refractivity contribution in [2.45, 2.75) is 6.61 Å². The Kier molecular flexibility index (Phi) is 4.67. The van der Waals surface area contributed by atoms with Crippen molar-refractivity contribution in [3.8, 4) is 11.3 Å². The van der Waals surface area contributed by atoms with Crippen LogP contribution in [0.15, 0.2) is 24.3 Å².